The van der Waals surface area contributed by atoms with E-state index < -0.39 is 0 Å². The van der Waals surface area contributed by atoms with Crippen molar-refractivity contribution in [3.63, 3.8) is 0 Å². The van der Waals surface area contributed by atoms with Gasteiger partial charge in [-0.3, -0.25) is 9.69 Å². The minimum absolute atomic E-state index is 0.00526. The Morgan fingerprint density at radius 3 is 2.67 bits per heavy atom. The second-order valence-electron chi connectivity index (χ2n) is 9.33. The fraction of sp³-hybridized carbons (Fsp3) is 0.400. The van der Waals surface area contributed by atoms with E-state index >= 15 is 0 Å². The van der Waals surface area contributed by atoms with E-state index in [-0.39, 0.29) is 30.8 Å². The number of hydrogen-bond donors (Lipinski definition) is 1. The third-order valence-electron chi connectivity index (χ3n) is 7.45. The van der Waals surface area contributed by atoms with E-state index in [2.05, 4.69) is 15.5 Å². The number of ether oxygens (including phenoxy) is 3. The zero-order valence-electron chi connectivity index (χ0n) is 19.0. The number of nitrogens with zero attached hydrogens (tertiary/aromatic N) is 3. The Labute approximate surface area is 191 Å². The second kappa shape index (κ2) is 7.13. The molecule has 1 atom stereocenters. The molecule has 1 fully saturated rings. The van der Waals surface area contributed by atoms with Gasteiger partial charge in [0.05, 0.1) is 25.3 Å². The summed E-state index contributed by atoms with van der Waals surface area (Å²) in [6.07, 6.45) is 0. The first-order valence-corrected chi connectivity index (χ1v) is 11.1. The summed E-state index contributed by atoms with van der Waals surface area (Å²) in [5.41, 5.74) is 3.86. The van der Waals surface area contributed by atoms with Crippen molar-refractivity contribution in [2.45, 2.75) is 11.5 Å². The van der Waals surface area contributed by atoms with Crippen molar-refractivity contribution in [2.75, 3.05) is 47.2 Å². The lowest BCUT2D eigenvalue weighted by atomic mass is 9.68. The number of rotatable bonds is 3. The number of hydrogen-bond acceptors (Lipinski definition) is 6. The van der Waals surface area contributed by atoms with Crippen molar-refractivity contribution in [1.29, 1.82) is 0 Å². The molecular weight excluding hydrogens is 422 g/mol. The summed E-state index contributed by atoms with van der Waals surface area (Å²) < 4.78 is 18.5. The molecule has 1 amide bonds. The molecule has 6 rings (SSSR count). The maximum atomic E-state index is 13.3. The first-order valence-electron chi connectivity index (χ1n) is 11.1. The molecule has 0 unspecified atom stereocenters. The van der Waals surface area contributed by atoms with Crippen molar-refractivity contribution in [1.82, 2.24) is 14.4 Å². The summed E-state index contributed by atoms with van der Waals surface area (Å²) in [6.45, 7) is 2.26. The highest BCUT2D eigenvalue weighted by atomic mass is 16.7. The molecule has 1 aromatic heterocycles. The summed E-state index contributed by atoms with van der Waals surface area (Å²) in [7, 11) is 5.76. The Morgan fingerprint density at radius 2 is 1.91 bits per heavy atom. The van der Waals surface area contributed by atoms with Gasteiger partial charge in [-0.25, -0.2) is 0 Å². The van der Waals surface area contributed by atoms with Crippen molar-refractivity contribution < 1.29 is 24.1 Å². The lowest BCUT2D eigenvalue weighted by molar-refractivity contribution is 0.00760. The molecule has 0 aliphatic carbocycles. The average Bonchev–Trinajstić information content (AvgIpc) is 3.39. The molecule has 172 valence electrons. The van der Waals surface area contributed by atoms with Crippen LogP contribution in [0.5, 0.6) is 17.2 Å². The van der Waals surface area contributed by atoms with Crippen LogP contribution in [0.25, 0.3) is 10.9 Å². The van der Waals surface area contributed by atoms with E-state index in [0.29, 0.717) is 30.2 Å². The van der Waals surface area contributed by atoms with Crippen LogP contribution in [0.15, 0.2) is 36.4 Å². The Bertz CT molecular complexity index is 1280. The maximum absolute atomic E-state index is 13.3. The van der Waals surface area contributed by atoms with Gasteiger partial charge in [0.2, 0.25) is 6.79 Å². The van der Waals surface area contributed by atoms with Crippen LogP contribution in [0.4, 0.5) is 0 Å². The summed E-state index contributed by atoms with van der Waals surface area (Å²) in [4.78, 5) is 17.4. The van der Waals surface area contributed by atoms with Gasteiger partial charge in [-0.15, -0.1) is 0 Å². The van der Waals surface area contributed by atoms with Crippen LogP contribution < -0.4 is 14.2 Å². The highest BCUT2D eigenvalue weighted by Gasteiger charge is 2.54. The number of likely N-dealkylation sites (N-methyl/N-ethyl adjacent to an activating group) is 1. The summed E-state index contributed by atoms with van der Waals surface area (Å²) >= 11 is 0. The number of fused-ring (bicyclic) bond motifs is 5. The van der Waals surface area contributed by atoms with Crippen LogP contribution >= 0.6 is 0 Å². The molecule has 1 spiro atoms. The van der Waals surface area contributed by atoms with Crippen LogP contribution in [0.1, 0.15) is 27.7 Å². The number of likely N-dealkylation sites (tertiary alicyclic amines) is 1. The predicted molar refractivity (Wildman–Crippen MR) is 122 cm³/mol. The number of benzene rings is 2. The summed E-state index contributed by atoms with van der Waals surface area (Å²) in [5, 5.41) is 11.4. The Kier molecular flexibility index (Phi) is 4.41. The number of amides is 1. The van der Waals surface area contributed by atoms with E-state index in [9.17, 15) is 9.90 Å². The molecule has 3 aliphatic rings. The van der Waals surface area contributed by atoms with Crippen LogP contribution in [0.3, 0.4) is 0 Å². The number of aliphatic hydroxyl groups excluding tert-OH is 1. The monoisotopic (exact) mass is 449 g/mol. The minimum Gasteiger partial charge on any atom is -0.497 e. The molecule has 4 heterocycles. The normalized spacial score (nSPS) is 20.7. The molecule has 3 aliphatic heterocycles. The number of methoxy groups -OCH3 is 1. The van der Waals surface area contributed by atoms with Crippen LogP contribution in [0, 0.1) is 0 Å². The van der Waals surface area contributed by atoms with Crippen LogP contribution in [-0.2, 0) is 12.5 Å². The molecule has 33 heavy (non-hydrogen) atoms. The Balaban J connectivity index is 1.38. The average molecular weight is 450 g/mol. The number of carbonyl (C=O) groups excluding carboxylic acids is 1. The zero-order valence-corrected chi connectivity index (χ0v) is 19.0. The largest absolute Gasteiger partial charge is 0.497 e. The van der Waals surface area contributed by atoms with Gasteiger partial charge in [0.25, 0.3) is 5.91 Å². The highest BCUT2D eigenvalue weighted by Crippen LogP contribution is 2.49. The van der Waals surface area contributed by atoms with Gasteiger partial charge in [-0.2, -0.15) is 0 Å². The molecule has 8 heteroatoms. The van der Waals surface area contributed by atoms with Gasteiger partial charge in [0.1, 0.15) is 5.75 Å². The number of aromatic nitrogens is 1. The first-order chi connectivity index (χ1) is 16.0. The minimum atomic E-state index is -0.185. The SMILES string of the molecule is COc1ccc2c3c(n(C)c2c1)[C@@H](CO)N(C)CC31CN(C(=O)c2ccc3c(c2)OCO3)C1. The van der Waals surface area contributed by atoms with Gasteiger partial charge in [0.15, 0.2) is 11.5 Å². The third-order valence-corrected chi connectivity index (χ3v) is 7.45. The molecule has 0 radical (unpaired) electrons. The zero-order chi connectivity index (χ0) is 22.9. The van der Waals surface area contributed by atoms with Gasteiger partial charge in [-0.1, -0.05) is 0 Å². The van der Waals surface area contributed by atoms with E-state index in [4.69, 9.17) is 14.2 Å². The predicted octanol–water partition coefficient (Wildman–Crippen LogP) is 2.29. The van der Waals surface area contributed by atoms with Crippen molar-refractivity contribution >= 4 is 16.8 Å². The molecule has 1 N–H and O–H groups in total. The molecule has 3 aromatic rings. The Morgan fingerprint density at radius 1 is 1.12 bits per heavy atom. The fourth-order valence-electron chi connectivity index (χ4n) is 5.91. The van der Waals surface area contributed by atoms with Gasteiger partial charge in [-0.05, 0) is 42.9 Å². The smallest absolute Gasteiger partial charge is 0.254 e. The summed E-state index contributed by atoms with van der Waals surface area (Å²) in [6, 6.07) is 11.4. The van der Waals surface area contributed by atoms with Crippen molar-refractivity contribution in [2.24, 2.45) is 7.05 Å². The molecule has 1 saturated heterocycles. The van der Waals surface area contributed by atoms with Gasteiger partial charge in [0, 0.05) is 54.8 Å². The van der Waals surface area contributed by atoms with E-state index in [1.807, 2.05) is 31.1 Å². The third kappa shape index (κ3) is 2.80. The molecule has 0 bridgehead atoms. The molecule has 8 nitrogen and oxygen atoms in total. The quantitative estimate of drug-likeness (QED) is 0.661. The first kappa shape index (κ1) is 20.4. The lowest BCUT2D eigenvalue weighted by Gasteiger charge is -2.55. The fourth-order valence-corrected chi connectivity index (χ4v) is 5.91. The molecular formula is C25H27N3O5. The van der Waals surface area contributed by atoms with Crippen molar-refractivity contribution in [3.8, 4) is 17.2 Å². The van der Waals surface area contributed by atoms with Crippen molar-refractivity contribution in [3.05, 3.63) is 53.2 Å². The van der Waals surface area contributed by atoms with E-state index in [1.54, 1.807) is 25.3 Å². The Hall–Kier alpha value is -3.23. The van der Waals surface area contributed by atoms with E-state index in [1.165, 1.54) is 5.56 Å². The molecule has 2 aromatic carbocycles. The topological polar surface area (TPSA) is 76.4 Å². The van der Waals surface area contributed by atoms with Crippen LogP contribution in [-0.4, -0.2) is 72.6 Å². The number of aryl methyl sites for hydroxylation is 1. The molecule has 0 saturated carbocycles. The second-order valence-corrected chi connectivity index (χ2v) is 9.33. The maximum Gasteiger partial charge on any atom is 0.254 e. The van der Waals surface area contributed by atoms with Gasteiger partial charge >= 0.3 is 0 Å². The standard InChI is InChI=1S/C25H27N3O5/c1-26-11-25(12-28(13-25)24(30)15-4-7-20-21(8-15)33-14-32-20)22-17-6-5-16(31-3)9-18(17)27(2)23(22)19(26)10-29/h4-9,19,29H,10-14H2,1-3H3/t19-/m1/s1. The summed E-state index contributed by atoms with van der Waals surface area (Å²) in [5.74, 6) is 2.09. The van der Waals surface area contributed by atoms with Gasteiger partial charge < -0.3 is 28.8 Å². The van der Waals surface area contributed by atoms with E-state index in [0.717, 1.165) is 28.9 Å². The highest BCUT2D eigenvalue weighted by molar-refractivity contribution is 5.96. The number of carbonyl (C=O) groups is 1. The lowest BCUT2D eigenvalue weighted by Crippen LogP contribution is -2.67. The number of aliphatic hydroxyl groups is 1. The van der Waals surface area contributed by atoms with Crippen LogP contribution in [0.2, 0.25) is 0 Å².